The zero-order valence-electron chi connectivity index (χ0n) is 16.1. The number of halogens is 1. The Morgan fingerprint density at radius 1 is 0.933 bits per heavy atom. The van der Waals surface area contributed by atoms with Gasteiger partial charge in [-0.25, -0.2) is 0 Å². The van der Waals surface area contributed by atoms with Gasteiger partial charge in [-0.15, -0.1) is 11.8 Å². The normalized spacial score (nSPS) is 10.3. The fraction of sp³-hybridized carbons (Fsp3) is 0.0870. The molecule has 0 saturated carbocycles. The lowest BCUT2D eigenvalue weighted by atomic mass is 10.1. The Labute approximate surface area is 190 Å². The summed E-state index contributed by atoms with van der Waals surface area (Å²) < 4.78 is 0. The van der Waals surface area contributed by atoms with E-state index in [1.807, 2.05) is 24.3 Å². The van der Waals surface area contributed by atoms with E-state index < -0.39 is 0 Å². The molecule has 3 aromatic carbocycles. The van der Waals surface area contributed by atoms with E-state index in [0.29, 0.717) is 27.0 Å². The summed E-state index contributed by atoms with van der Waals surface area (Å²) in [6.07, 6.45) is 0. The summed E-state index contributed by atoms with van der Waals surface area (Å²) in [4.78, 5) is 24.7. The summed E-state index contributed by atoms with van der Waals surface area (Å²) in [5.74, 6) is 0.290. The number of benzene rings is 3. The minimum absolute atomic E-state index is 0.0181. The van der Waals surface area contributed by atoms with Crippen molar-refractivity contribution in [3.63, 3.8) is 0 Å². The van der Waals surface area contributed by atoms with Gasteiger partial charge in [0.1, 0.15) is 0 Å². The molecule has 3 rings (SSSR count). The molecule has 0 bridgehead atoms. The highest BCUT2D eigenvalue weighted by molar-refractivity contribution is 8.00. The predicted octanol–water partition coefficient (Wildman–Crippen LogP) is 6.33. The van der Waals surface area contributed by atoms with Gasteiger partial charge in [-0.1, -0.05) is 29.8 Å². The van der Waals surface area contributed by atoms with E-state index in [2.05, 4.69) is 10.6 Å². The molecule has 0 amide bonds. The van der Waals surface area contributed by atoms with Crippen LogP contribution >= 0.6 is 35.6 Å². The highest BCUT2D eigenvalue weighted by Gasteiger charge is 2.10. The summed E-state index contributed by atoms with van der Waals surface area (Å²) in [5.41, 5.74) is 2.77. The summed E-state index contributed by atoms with van der Waals surface area (Å²) >= 11 is 12.9. The van der Waals surface area contributed by atoms with E-state index in [1.54, 1.807) is 48.5 Å². The van der Waals surface area contributed by atoms with Gasteiger partial charge in [-0.2, -0.15) is 0 Å². The number of Topliss-reactive ketones (excluding diaryl/α,β-unsaturated/α-hetero) is 2. The van der Waals surface area contributed by atoms with Crippen molar-refractivity contribution in [3.05, 3.63) is 88.9 Å². The summed E-state index contributed by atoms with van der Waals surface area (Å²) in [6, 6.07) is 21.8. The first-order chi connectivity index (χ1) is 14.4. The van der Waals surface area contributed by atoms with Crippen LogP contribution in [0.5, 0.6) is 0 Å². The van der Waals surface area contributed by atoms with E-state index in [4.69, 9.17) is 23.8 Å². The van der Waals surface area contributed by atoms with E-state index in [-0.39, 0.29) is 11.6 Å². The Morgan fingerprint density at radius 2 is 1.63 bits per heavy atom. The van der Waals surface area contributed by atoms with Crippen LogP contribution in [-0.4, -0.2) is 22.4 Å². The number of thioether (sulfide) groups is 1. The van der Waals surface area contributed by atoms with Crippen LogP contribution in [0.4, 0.5) is 11.4 Å². The Hall–Kier alpha value is -2.67. The van der Waals surface area contributed by atoms with E-state index in [1.165, 1.54) is 18.7 Å². The zero-order chi connectivity index (χ0) is 21.5. The van der Waals surface area contributed by atoms with Crippen molar-refractivity contribution in [2.24, 2.45) is 0 Å². The van der Waals surface area contributed by atoms with Gasteiger partial charge in [0.2, 0.25) is 0 Å². The van der Waals surface area contributed by atoms with Crippen molar-refractivity contribution in [2.75, 3.05) is 16.4 Å². The summed E-state index contributed by atoms with van der Waals surface area (Å²) in [7, 11) is 0. The maximum atomic E-state index is 12.4. The number of carbonyl (C=O) groups is 2. The fourth-order valence-electron chi connectivity index (χ4n) is 2.66. The first-order valence-electron chi connectivity index (χ1n) is 9.12. The van der Waals surface area contributed by atoms with E-state index >= 15 is 0 Å². The van der Waals surface area contributed by atoms with Gasteiger partial charge in [-0.05, 0) is 73.7 Å². The molecule has 0 aliphatic rings. The molecule has 4 nitrogen and oxygen atoms in total. The van der Waals surface area contributed by atoms with E-state index in [0.717, 1.165) is 16.3 Å². The number of ketones is 2. The number of carbonyl (C=O) groups excluding carboxylic acids is 2. The van der Waals surface area contributed by atoms with Gasteiger partial charge >= 0.3 is 0 Å². The number of nitrogens with one attached hydrogen (secondary N) is 2. The van der Waals surface area contributed by atoms with Gasteiger partial charge in [0, 0.05) is 27.4 Å². The molecule has 0 unspecified atom stereocenters. The number of rotatable bonds is 7. The molecule has 0 spiro atoms. The fourth-order valence-corrected chi connectivity index (χ4v) is 3.97. The van der Waals surface area contributed by atoms with Crippen LogP contribution in [0.2, 0.25) is 5.02 Å². The van der Waals surface area contributed by atoms with Gasteiger partial charge in [0.25, 0.3) is 0 Å². The SMILES string of the molecule is CC(=O)c1ccc(NC(=S)Nc2cccc(SCC(=O)c3ccccc3Cl)c2)cc1. The van der Waals surface area contributed by atoms with Gasteiger partial charge in [0.05, 0.1) is 10.8 Å². The second-order valence-corrected chi connectivity index (χ2v) is 8.30. The molecule has 0 aliphatic carbocycles. The van der Waals surface area contributed by atoms with Crippen molar-refractivity contribution in [2.45, 2.75) is 11.8 Å². The molecule has 0 fully saturated rings. The Morgan fingerprint density at radius 3 is 2.33 bits per heavy atom. The molecule has 3 aromatic rings. The van der Waals surface area contributed by atoms with Gasteiger partial charge < -0.3 is 10.6 Å². The molecule has 2 N–H and O–H groups in total. The molecule has 0 saturated heterocycles. The molecular formula is C23H19ClN2O2S2. The predicted molar refractivity (Wildman–Crippen MR) is 129 cm³/mol. The van der Waals surface area contributed by atoms with Crippen molar-refractivity contribution in [1.29, 1.82) is 0 Å². The second kappa shape index (κ2) is 10.4. The Bertz CT molecular complexity index is 1080. The Balaban J connectivity index is 1.57. The highest BCUT2D eigenvalue weighted by atomic mass is 35.5. The molecule has 0 aromatic heterocycles. The number of hydrogen-bond donors (Lipinski definition) is 2. The van der Waals surface area contributed by atoms with Crippen LogP contribution in [0.1, 0.15) is 27.6 Å². The topological polar surface area (TPSA) is 58.2 Å². The third-order valence-electron chi connectivity index (χ3n) is 4.19. The number of thiocarbonyl (C=S) groups is 1. The standard InChI is InChI=1S/C23H19ClN2O2S2/c1-15(27)16-9-11-17(12-10-16)25-23(29)26-18-5-4-6-19(13-18)30-14-22(28)20-7-2-3-8-21(20)24/h2-13H,14H2,1H3,(H2,25,26,29). The third-order valence-corrected chi connectivity index (χ3v) is 5.71. The third kappa shape index (κ3) is 6.16. The van der Waals surface area contributed by atoms with Crippen molar-refractivity contribution in [3.8, 4) is 0 Å². The number of anilines is 2. The quantitative estimate of drug-likeness (QED) is 0.247. The van der Waals surface area contributed by atoms with Crippen LogP contribution < -0.4 is 10.6 Å². The second-order valence-electron chi connectivity index (χ2n) is 6.43. The molecule has 0 heterocycles. The Kier molecular flexibility index (Phi) is 7.63. The molecule has 0 aliphatic heterocycles. The summed E-state index contributed by atoms with van der Waals surface area (Å²) in [5, 5.41) is 7.11. The smallest absolute Gasteiger partial charge is 0.175 e. The molecule has 30 heavy (non-hydrogen) atoms. The first kappa shape index (κ1) is 22.0. The van der Waals surface area contributed by atoms with Crippen LogP contribution in [-0.2, 0) is 0 Å². The highest BCUT2D eigenvalue weighted by Crippen LogP contribution is 2.24. The summed E-state index contributed by atoms with van der Waals surface area (Å²) in [6.45, 7) is 1.53. The molecule has 0 atom stereocenters. The maximum absolute atomic E-state index is 12.4. The lowest BCUT2D eigenvalue weighted by Gasteiger charge is -2.12. The molecular weight excluding hydrogens is 436 g/mol. The first-order valence-corrected chi connectivity index (χ1v) is 10.9. The average molecular weight is 455 g/mol. The monoisotopic (exact) mass is 454 g/mol. The lowest BCUT2D eigenvalue weighted by molar-refractivity contribution is 0.101. The minimum atomic E-state index is -0.0184. The molecule has 0 radical (unpaired) electrons. The van der Waals surface area contributed by atoms with Gasteiger partial charge in [-0.3, -0.25) is 9.59 Å². The van der Waals surface area contributed by atoms with Gasteiger partial charge in [0.15, 0.2) is 16.7 Å². The molecule has 7 heteroatoms. The lowest BCUT2D eigenvalue weighted by Crippen LogP contribution is -2.19. The van der Waals surface area contributed by atoms with Crippen molar-refractivity contribution >= 4 is 63.6 Å². The van der Waals surface area contributed by atoms with Crippen LogP contribution in [0.3, 0.4) is 0 Å². The largest absolute Gasteiger partial charge is 0.332 e. The van der Waals surface area contributed by atoms with Crippen LogP contribution in [0, 0.1) is 0 Å². The average Bonchev–Trinajstić information content (AvgIpc) is 2.73. The maximum Gasteiger partial charge on any atom is 0.175 e. The van der Waals surface area contributed by atoms with E-state index in [9.17, 15) is 9.59 Å². The van der Waals surface area contributed by atoms with Crippen LogP contribution in [0.25, 0.3) is 0 Å². The number of hydrogen-bond acceptors (Lipinski definition) is 4. The zero-order valence-corrected chi connectivity index (χ0v) is 18.5. The van der Waals surface area contributed by atoms with Crippen molar-refractivity contribution < 1.29 is 9.59 Å². The molecule has 152 valence electrons. The van der Waals surface area contributed by atoms with Crippen molar-refractivity contribution in [1.82, 2.24) is 0 Å². The van der Waals surface area contributed by atoms with Crippen LogP contribution in [0.15, 0.2) is 77.7 Å². The minimum Gasteiger partial charge on any atom is -0.332 e.